The minimum Gasteiger partial charge on any atom is -0.480 e. The molecule has 3 atom stereocenters. The Bertz CT molecular complexity index is 994. The Kier molecular flexibility index (Phi) is 6.93. The fourth-order valence-electron chi connectivity index (χ4n) is 4.95. The van der Waals surface area contributed by atoms with Gasteiger partial charge in [0.15, 0.2) is 0 Å². The van der Waals surface area contributed by atoms with Crippen molar-refractivity contribution in [3.63, 3.8) is 0 Å². The Labute approximate surface area is 192 Å². The number of carboxylic acid groups (broad SMARTS) is 1. The molecule has 0 aliphatic heterocycles. The van der Waals surface area contributed by atoms with E-state index in [-0.39, 0.29) is 25.0 Å². The molecule has 2 aromatic carbocycles. The first-order valence-corrected chi connectivity index (χ1v) is 11.2. The number of amides is 2. The zero-order chi connectivity index (χ0) is 23.4. The van der Waals surface area contributed by atoms with Gasteiger partial charge in [0.1, 0.15) is 12.6 Å². The van der Waals surface area contributed by atoms with Crippen molar-refractivity contribution in [3.8, 4) is 11.1 Å². The Morgan fingerprint density at radius 3 is 2.24 bits per heavy atom. The minimum absolute atomic E-state index is 0.0282. The lowest BCUT2D eigenvalue weighted by Crippen LogP contribution is -2.47. The molecule has 2 aliphatic carbocycles. The zero-order valence-corrected chi connectivity index (χ0v) is 18.2. The van der Waals surface area contributed by atoms with Crippen LogP contribution in [-0.2, 0) is 14.3 Å². The molecular weight excluding hydrogens is 424 g/mol. The second-order valence-electron chi connectivity index (χ2n) is 8.59. The summed E-state index contributed by atoms with van der Waals surface area (Å²) in [6.45, 7) is -0.187. The number of hydrogen-bond acceptors (Lipinski definition) is 5. The predicted octanol–water partition coefficient (Wildman–Crippen LogP) is 2.50. The number of ether oxygens (including phenoxy) is 1. The van der Waals surface area contributed by atoms with Gasteiger partial charge in [0.25, 0.3) is 0 Å². The van der Waals surface area contributed by atoms with Crippen molar-refractivity contribution in [1.82, 2.24) is 10.6 Å². The maximum Gasteiger partial charge on any atom is 0.407 e. The van der Waals surface area contributed by atoms with Crippen molar-refractivity contribution in [1.29, 1.82) is 0 Å². The van der Waals surface area contributed by atoms with Crippen LogP contribution in [0.1, 0.15) is 36.3 Å². The van der Waals surface area contributed by atoms with Gasteiger partial charge in [0.2, 0.25) is 5.91 Å². The molecule has 0 aromatic heterocycles. The van der Waals surface area contributed by atoms with Gasteiger partial charge >= 0.3 is 12.1 Å². The summed E-state index contributed by atoms with van der Waals surface area (Å²) in [5.41, 5.74) is 4.58. The number of aliphatic hydroxyl groups is 1. The van der Waals surface area contributed by atoms with Crippen LogP contribution in [0.2, 0.25) is 0 Å². The summed E-state index contributed by atoms with van der Waals surface area (Å²) in [6.07, 6.45) is 1.63. The molecule has 0 saturated heterocycles. The van der Waals surface area contributed by atoms with E-state index in [0.717, 1.165) is 35.1 Å². The number of hydrogen-bond donors (Lipinski definition) is 4. The van der Waals surface area contributed by atoms with Crippen molar-refractivity contribution < 1.29 is 29.3 Å². The number of aliphatic hydroxyl groups excluding tert-OH is 1. The standard InChI is InChI=1S/C25H28N2O6/c28-13-22(24(30)31)27-23(29)16-11-5-6-15(16)12-26-25(32)33-14-21-19-9-3-1-7-17(19)18-8-2-4-10-20(18)21/h1-4,7-10,15-16,21-22,28H,5-6,11-14H2,(H,26,32)(H,27,29)(H,30,31)/t15?,16?,22-/m1/s1. The average molecular weight is 453 g/mol. The molecule has 8 heteroatoms. The molecule has 2 aromatic rings. The molecule has 1 fully saturated rings. The number of alkyl carbamates (subject to hydrolysis) is 1. The maximum atomic E-state index is 12.5. The van der Waals surface area contributed by atoms with E-state index >= 15 is 0 Å². The third kappa shape index (κ3) is 4.85. The summed E-state index contributed by atoms with van der Waals surface area (Å²) in [6, 6.07) is 14.9. The van der Waals surface area contributed by atoms with Crippen LogP contribution in [0.4, 0.5) is 4.79 Å². The SMILES string of the molecule is O=C(NCC1CCCC1C(=O)N[C@H](CO)C(=O)O)OCC1c2ccccc2-c2ccccc21. The lowest BCUT2D eigenvalue weighted by atomic mass is 9.95. The molecule has 4 N–H and O–H groups in total. The second kappa shape index (κ2) is 10.0. The summed E-state index contributed by atoms with van der Waals surface area (Å²) in [5.74, 6) is -2.24. The van der Waals surface area contributed by atoms with E-state index < -0.39 is 36.5 Å². The van der Waals surface area contributed by atoms with E-state index in [1.807, 2.05) is 24.3 Å². The van der Waals surface area contributed by atoms with Crippen molar-refractivity contribution in [2.24, 2.45) is 11.8 Å². The molecule has 2 aliphatic rings. The number of fused-ring (bicyclic) bond motifs is 3. The van der Waals surface area contributed by atoms with E-state index in [1.165, 1.54) is 0 Å². The van der Waals surface area contributed by atoms with Crippen LogP contribution in [0.15, 0.2) is 48.5 Å². The lowest BCUT2D eigenvalue weighted by molar-refractivity contribution is -0.143. The van der Waals surface area contributed by atoms with Crippen LogP contribution in [0.5, 0.6) is 0 Å². The monoisotopic (exact) mass is 452 g/mol. The highest BCUT2D eigenvalue weighted by Crippen LogP contribution is 2.44. The summed E-state index contributed by atoms with van der Waals surface area (Å²) in [5, 5.41) is 23.3. The highest BCUT2D eigenvalue weighted by molar-refractivity contribution is 5.85. The van der Waals surface area contributed by atoms with E-state index in [4.69, 9.17) is 14.9 Å². The predicted molar refractivity (Wildman–Crippen MR) is 121 cm³/mol. The Morgan fingerprint density at radius 2 is 1.64 bits per heavy atom. The largest absolute Gasteiger partial charge is 0.480 e. The van der Waals surface area contributed by atoms with Gasteiger partial charge in [-0.15, -0.1) is 0 Å². The molecular formula is C25H28N2O6. The summed E-state index contributed by atoms with van der Waals surface area (Å²) < 4.78 is 5.55. The molecule has 174 valence electrons. The third-order valence-corrected chi connectivity index (χ3v) is 6.65. The third-order valence-electron chi connectivity index (χ3n) is 6.65. The molecule has 8 nitrogen and oxygen atoms in total. The van der Waals surface area contributed by atoms with Gasteiger partial charge in [0, 0.05) is 18.4 Å². The van der Waals surface area contributed by atoms with Crippen molar-refractivity contribution in [2.45, 2.75) is 31.2 Å². The molecule has 0 heterocycles. The van der Waals surface area contributed by atoms with Gasteiger partial charge in [-0.3, -0.25) is 4.79 Å². The fraction of sp³-hybridized carbons (Fsp3) is 0.400. The number of benzene rings is 2. The molecule has 0 spiro atoms. The van der Waals surface area contributed by atoms with Crippen LogP contribution in [0.25, 0.3) is 11.1 Å². The molecule has 2 amide bonds. The van der Waals surface area contributed by atoms with Crippen LogP contribution in [0.3, 0.4) is 0 Å². The average Bonchev–Trinajstić information content (AvgIpc) is 3.42. The first kappa shape index (κ1) is 22.8. The number of nitrogens with one attached hydrogen (secondary N) is 2. The fourth-order valence-corrected chi connectivity index (χ4v) is 4.95. The number of aliphatic carboxylic acids is 1. The number of rotatable bonds is 8. The Balaban J connectivity index is 1.31. The van der Waals surface area contributed by atoms with Gasteiger partial charge in [-0.05, 0) is 41.0 Å². The van der Waals surface area contributed by atoms with Gasteiger partial charge in [0.05, 0.1) is 6.61 Å². The van der Waals surface area contributed by atoms with E-state index in [1.54, 1.807) is 0 Å². The van der Waals surface area contributed by atoms with E-state index in [9.17, 15) is 14.4 Å². The molecule has 0 bridgehead atoms. The molecule has 2 unspecified atom stereocenters. The van der Waals surface area contributed by atoms with Gasteiger partial charge < -0.3 is 25.6 Å². The number of carbonyl (C=O) groups excluding carboxylic acids is 2. The van der Waals surface area contributed by atoms with E-state index in [0.29, 0.717) is 6.42 Å². The van der Waals surface area contributed by atoms with Crippen molar-refractivity contribution >= 4 is 18.0 Å². The number of carboxylic acids is 1. The molecule has 33 heavy (non-hydrogen) atoms. The lowest BCUT2D eigenvalue weighted by Gasteiger charge is -2.21. The molecule has 4 rings (SSSR count). The van der Waals surface area contributed by atoms with Crippen LogP contribution in [-0.4, -0.2) is 54.0 Å². The smallest absolute Gasteiger partial charge is 0.407 e. The van der Waals surface area contributed by atoms with Gasteiger partial charge in [-0.2, -0.15) is 0 Å². The zero-order valence-electron chi connectivity index (χ0n) is 18.2. The topological polar surface area (TPSA) is 125 Å². The van der Waals surface area contributed by atoms with Crippen LogP contribution < -0.4 is 10.6 Å². The summed E-state index contributed by atoms with van der Waals surface area (Å²) in [7, 11) is 0. The summed E-state index contributed by atoms with van der Waals surface area (Å²) in [4.78, 5) is 36.0. The highest BCUT2D eigenvalue weighted by atomic mass is 16.5. The quantitative estimate of drug-likeness (QED) is 0.488. The molecule has 1 saturated carbocycles. The Morgan fingerprint density at radius 1 is 1.00 bits per heavy atom. The minimum atomic E-state index is -1.33. The van der Waals surface area contributed by atoms with Gasteiger partial charge in [-0.25, -0.2) is 9.59 Å². The van der Waals surface area contributed by atoms with E-state index in [2.05, 4.69) is 34.9 Å². The summed E-state index contributed by atoms with van der Waals surface area (Å²) >= 11 is 0. The molecule has 0 radical (unpaired) electrons. The van der Waals surface area contributed by atoms with Crippen LogP contribution in [0, 0.1) is 11.8 Å². The number of carbonyl (C=O) groups is 3. The first-order chi connectivity index (χ1) is 16.0. The van der Waals surface area contributed by atoms with Crippen LogP contribution >= 0.6 is 0 Å². The van der Waals surface area contributed by atoms with Crippen molar-refractivity contribution in [3.05, 3.63) is 59.7 Å². The second-order valence-corrected chi connectivity index (χ2v) is 8.59. The highest BCUT2D eigenvalue weighted by Gasteiger charge is 2.35. The normalized spacial score (nSPS) is 19.9. The maximum absolute atomic E-state index is 12.5. The van der Waals surface area contributed by atoms with Gasteiger partial charge in [-0.1, -0.05) is 55.0 Å². The Hall–Kier alpha value is -3.39. The first-order valence-electron chi connectivity index (χ1n) is 11.2. The van der Waals surface area contributed by atoms with Crippen molar-refractivity contribution in [2.75, 3.05) is 19.8 Å².